The highest BCUT2D eigenvalue weighted by Gasteiger charge is 2.15. The van der Waals surface area contributed by atoms with E-state index in [2.05, 4.69) is 21.7 Å². The maximum atomic E-state index is 12.0. The summed E-state index contributed by atoms with van der Waals surface area (Å²) in [7, 11) is 0. The van der Waals surface area contributed by atoms with Gasteiger partial charge in [-0.25, -0.2) is 0 Å². The molecular formula is C19H17N3O3. The van der Waals surface area contributed by atoms with Gasteiger partial charge in [0, 0.05) is 30.2 Å². The molecule has 0 saturated heterocycles. The zero-order valence-electron chi connectivity index (χ0n) is 13.5. The third kappa shape index (κ3) is 4.17. The average molecular weight is 335 g/mol. The Hall–Kier alpha value is -3.28. The molecule has 0 saturated carbocycles. The van der Waals surface area contributed by atoms with Crippen molar-refractivity contribution in [3.63, 3.8) is 0 Å². The van der Waals surface area contributed by atoms with Crippen LogP contribution in [0.15, 0.2) is 54.9 Å². The Morgan fingerprint density at radius 2 is 1.84 bits per heavy atom. The van der Waals surface area contributed by atoms with Gasteiger partial charge < -0.3 is 5.32 Å². The number of aryl methyl sites for hydroxylation is 1. The molecule has 0 bridgehead atoms. The quantitative estimate of drug-likeness (QED) is 0.837. The van der Waals surface area contributed by atoms with Gasteiger partial charge in [-0.05, 0) is 48.6 Å². The van der Waals surface area contributed by atoms with E-state index in [4.69, 9.17) is 0 Å². The number of benzene rings is 1. The van der Waals surface area contributed by atoms with Crippen LogP contribution in [0.1, 0.15) is 27.9 Å². The third-order valence-corrected chi connectivity index (χ3v) is 3.95. The zero-order valence-corrected chi connectivity index (χ0v) is 13.5. The van der Waals surface area contributed by atoms with Crippen LogP contribution in [0.3, 0.4) is 0 Å². The Kier molecular flexibility index (Phi) is 4.99. The summed E-state index contributed by atoms with van der Waals surface area (Å²) in [6.45, 7) is 0. The number of aromatic nitrogens is 1. The maximum absolute atomic E-state index is 12.0. The summed E-state index contributed by atoms with van der Waals surface area (Å²) in [5, 5.41) is 4.95. The molecule has 0 aliphatic heterocycles. The van der Waals surface area contributed by atoms with Gasteiger partial charge in [0.25, 0.3) is 11.8 Å². The van der Waals surface area contributed by atoms with E-state index in [9.17, 15) is 14.4 Å². The van der Waals surface area contributed by atoms with Gasteiger partial charge in [-0.1, -0.05) is 12.1 Å². The Morgan fingerprint density at radius 3 is 2.64 bits per heavy atom. The van der Waals surface area contributed by atoms with Gasteiger partial charge in [-0.3, -0.25) is 24.7 Å². The number of anilines is 1. The molecule has 1 aromatic heterocycles. The number of nitrogens with one attached hydrogen (secondary N) is 2. The number of hydrogen-bond acceptors (Lipinski definition) is 4. The van der Waals surface area contributed by atoms with Crippen molar-refractivity contribution in [2.75, 3.05) is 5.32 Å². The largest absolute Gasteiger partial charge is 0.322 e. The Morgan fingerprint density at radius 1 is 1.00 bits per heavy atom. The van der Waals surface area contributed by atoms with Crippen LogP contribution < -0.4 is 10.6 Å². The minimum absolute atomic E-state index is 0.272. The van der Waals surface area contributed by atoms with Gasteiger partial charge in [0.1, 0.15) is 0 Å². The lowest BCUT2D eigenvalue weighted by Gasteiger charge is -2.08. The van der Waals surface area contributed by atoms with Crippen LogP contribution in [0.4, 0.5) is 5.69 Å². The number of fused-ring (bicyclic) bond motifs is 1. The topological polar surface area (TPSA) is 88.2 Å². The fraction of sp³-hybridized carbons (Fsp3) is 0.158. The van der Waals surface area contributed by atoms with Crippen LogP contribution in [-0.2, 0) is 22.4 Å². The summed E-state index contributed by atoms with van der Waals surface area (Å²) in [4.78, 5) is 39.4. The highest BCUT2D eigenvalue weighted by atomic mass is 16.2. The van der Waals surface area contributed by atoms with Crippen molar-refractivity contribution in [3.8, 4) is 0 Å². The molecule has 1 aromatic carbocycles. The molecule has 1 aliphatic carbocycles. The lowest BCUT2D eigenvalue weighted by atomic mass is 10.1. The molecule has 0 radical (unpaired) electrons. The van der Waals surface area contributed by atoms with Crippen molar-refractivity contribution in [2.45, 2.75) is 19.3 Å². The monoisotopic (exact) mass is 335 g/mol. The van der Waals surface area contributed by atoms with E-state index in [1.54, 1.807) is 12.1 Å². The van der Waals surface area contributed by atoms with Gasteiger partial charge in [0.2, 0.25) is 5.91 Å². The Balaban J connectivity index is 1.57. The summed E-state index contributed by atoms with van der Waals surface area (Å²) in [5.41, 5.74) is 3.45. The predicted octanol–water partition coefficient (Wildman–Crippen LogP) is 2.02. The van der Waals surface area contributed by atoms with Crippen molar-refractivity contribution in [1.82, 2.24) is 10.3 Å². The second-order valence-corrected chi connectivity index (χ2v) is 5.68. The summed E-state index contributed by atoms with van der Waals surface area (Å²) >= 11 is 0. The molecule has 2 N–H and O–H groups in total. The van der Waals surface area contributed by atoms with E-state index in [-0.39, 0.29) is 5.56 Å². The molecule has 1 aliphatic rings. The second kappa shape index (κ2) is 7.53. The molecule has 25 heavy (non-hydrogen) atoms. The molecular weight excluding hydrogens is 318 g/mol. The van der Waals surface area contributed by atoms with E-state index in [1.807, 2.05) is 12.1 Å². The Bertz CT molecular complexity index is 844. The Labute approximate surface area is 145 Å². The third-order valence-electron chi connectivity index (χ3n) is 3.95. The van der Waals surface area contributed by atoms with E-state index in [1.165, 1.54) is 18.0 Å². The highest BCUT2D eigenvalue weighted by molar-refractivity contribution is 6.10. The standard InChI is InChI=1S/C19H17N3O3/c23-17(21-16-8-2-5-13-4-1-7-15(13)16)9-10-18(24)22-19(25)14-6-3-11-20-12-14/h2-3,5-6,8-12H,1,4,7H2,(H,21,23)(H,22,24,25)/b10-9-. The van der Waals surface area contributed by atoms with Gasteiger partial charge in [0.05, 0.1) is 5.56 Å². The molecule has 3 rings (SSSR count). The van der Waals surface area contributed by atoms with Crippen molar-refractivity contribution in [3.05, 3.63) is 71.6 Å². The van der Waals surface area contributed by atoms with Crippen LogP contribution >= 0.6 is 0 Å². The molecule has 0 fully saturated rings. The molecule has 0 unspecified atom stereocenters. The van der Waals surface area contributed by atoms with Crippen molar-refractivity contribution in [1.29, 1.82) is 0 Å². The van der Waals surface area contributed by atoms with E-state index in [0.717, 1.165) is 42.7 Å². The first-order valence-corrected chi connectivity index (χ1v) is 7.98. The summed E-state index contributed by atoms with van der Waals surface area (Å²) in [6, 6.07) is 8.96. The van der Waals surface area contributed by atoms with Crippen molar-refractivity contribution in [2.24, 2.45) is 0 Å². The van der Waals surface area contributed by atoms with Crippen LogP contribution in [0.2, 0.25) is 0 Å². The van der Waals surface area contributed by atoms with Crippen LogP contribution in [0.5, 0.6) is 0 Å². The van der Waals surface area contributed by atoms with Crippen LogP contribution in [-0.4, -0.2) is 22.7 Å². The smallest absolute Gasteiger partial charge is 0.259 e. The molecule has 6 heteroatoms. The number of amides is 3. The number of rotatable bonds is 4. The first-order valence-electron chi connectivity index (χ1n) is 7.98. The predicted molar refractivity (Wildman–Crippen MR) is 92.9 cm³/mol. The number of hydrogen-bond donors (Lipinski definition) is 2. The molecule has 0 atom stereocenters. The van der Waals surface area contributed by atoms with E-state index < -0.39 is 17.7 Å². The normalized spacial score (nSPS) is 12.6. The minimum atomic E-state index is -0.665. The fourth-order valence-corrected chi connectivity index (χ4v) is 2.79. The number of carbonyl (C=O) groups excluding carboxylic acids is 3. The fourth-order valence-electron chi connectivity index (χ4n) is 2.79. The van der Waals surface area contributed by atoms with E-state index in [0.29, 0.717) is 0 Å². The van der Waals surface area contributed by atoms with Crippen LogP contribution in [0, 0.1) is 0 Å². The van der Waals surface area contributed by atoms with E-state index >= 15 is 0 Å². The lowest BCUT2D eigenvalue weighted by Crippen LogP contribution is -2.29. The van der Waals surface area contributed by atoms with Crippen molar-refractivity contribution >= 4 is 23.4 Å². The summed E-state index contributed by atoms with van der Waals surface area (Å²) < 4.78 is 0. The zero-order chi connectivity index (χ0) is 17.6. The van der Waals surface area contributed by atoms with Gasteiger partial charge in [0.15, 0.2) is 0 Å². The SMILES string of the molecule is O=C(/C=C\C(=O)Nc1cccc2c1CCC2)NC(=O)c1cccnc1. The summed E-state index contributed by atoms with van der Waals surface area (Å²) in [5.74, 6) is -1.64. The maximum Gasteiger partial charge on any atom is 0.259 e. The molecule has 126 valence electrons. The molecule has 6 nitrogen and oxygen atoms in total. The average Bonchev–Trinajstić information content (AvgIpc) is 3.10. The number of imide groups is 1. The molecule has 2 aromatic rings. The first kappa shape index (κ1) is 16.6. The van der Waals surface area contributed by atoms with Gasteiger partial charge in [-0.15, -0.1) is 0 Å². The molecule has 1 heterocycles. The molecule has 0 spiro atoms. The molecule has 3 amide bonds. The lowest BCUT2D eigenvalue weighted by molar-refractivity contribution is -0.116. The second-order valence-electron chi connectivity index (χ2n) is 5.68. The number of nitrogens with zero attached hydrogens (tertiary/aromatic N) is 1. The minimum Gasteiger partial charge on any atom is -0.322 e. The first-order chi connectivity index (χ1) is 12.1. The number of pyridine rings is 1. The van der Waals surface area contributed by atoms with Gasteiger partial charge >= 0.3 is 0 Å². The highest BCUT2D eigenvalue weighted by Crippen LogP contribution is 2.28. The van der Waals surface area contributed by atoms with Crippen molar-refractivity contribution < 1.29 is 14.4 Å². The van der Waals surface area contributed by atoms with Gasteiger partial charge in [-0.2, -0.15) is 0 Å². The number of carbonyl (C=O) groups is 3. The van der Waals surface area contributed by atoms with Crippen LogP contribution in [0.25, 0.3) is 0 Å². The summed E-state index contributed by atoms with van der Waals surface area (Å²) in [6.07, 6.45) is 8.07.